The van der Waals surface area contributed by atoms with Crippen LogP contribution in [0.15, 0.2) is 51.7 Å². The van der Waals surface area contributed by atoms with Crippen molar-refractivity contribution in [2.45, 2.75) is 19.9 Å². The van der Waals surface area contributed by atoms with Gasteiger partial charge in [-0.25, -0.2) is 4.79 Å². The van der Waals surface area contributed by atoms with Crippen LogP contribution in [0.2, 0.25) is 5.02 Å². The van der Waals surface area contributed by atoms with E-state index < -0.39 is 5.63 Å². The Hall–Kier alpha value is -2.79. The zero-order valence-corrected chi connectivity index (χ0v) is 14.3. The van der Waals surface area contributed by atoms with E-state index in [-0.39, 0.29) is 24.6 Å². The Kier molecular flexibility index (Phi) is 4.76. The lowest BCUT2D eigenvalue weighted by Gasteiger charge is -2.09. The maximum atomic E-state index is 12.2. The average molecular weight is 358 g/mol. The lowest BCUT2D eigenvalue weighted by Crippen LogP contribution is -2.27. The number of carbonyl (C=O) groups is 1. The minimum absolute atomic E-state index is 0.0142. The largest absolute Gasteiger partial charge is 0.508 e. The highest BCUT2D eigenvalue weighted by Crippen LogP contribution is 2.23. The van der Waals surface area contributed by atoms with E-state index in [4.69, 9.17) is 16.0 Å². The number of hydrogen-bond donors (Lipinski definition) is 2. The van der Waals surface area contributed by atoms with Crippen LogP contribution in [0.3, 0.4) is 0 Å². The SMILES string of the molecule is Cc1c(CC(=O)NCc2ccccc2Cl)c(=O)oc2cc(O)ccc12. The first kappa shape index (κ1) is 17.0. The normalized spacial score (nSPS) is 10.8. The number of fused-ring (bicyclic) bond motifs is 1. The van der Waals surface area contributed by atoms with Gasteiger partial charge in [-0.2, -0.15) is 0 Å². The van der Waals surface area contributed by atoms with E-state index in [0.717, 1.165) is 5.56 Å². The monoisotopic (exact) mass is 357 g/mol. The van der Waals surface area contributed by atoms with E-state index in [1.54, 1.807) is 19.1 Å². The van der Waals surface area contributed by atoms with E-state index in [2.05, 4.69) is 5.32 Å². The fourth-order valence-corrected chi connectivity index (χ4v) is 2.85. The van der Waals surface area contributed by atoms with Gasteiger partial charge in [0, 0.05) is 23.0 Å². The summed E-state index contributed by atoms with van der Waals surface area (Å²) in [4.78, 5) is 24.4. The molecule has 3 rings (SSSR count). The van der Waals surface area contributed by atoms with Crippen molar-refractivity contribution in [1.82, 2.24) is 5.32 Å². The van der Waals surface area contributed by atoms with Gasteiger partial charge in [0.2, 0.25) is 5.91 Å². The first-order valence-corrected chi connectivity index (χ1v) is 8.09. The molecule has 1 aromatic heterocycles. The van der Waals surface area contributed by atoms with Crippen LogP contribution in [0.25, 0.3) is 11.0 Å². The van der Waals surface area contributed by atoms with Gasteiger partial charge < -0.3 is 14.8 Å². The highest BCUT2D eigenvalue weighted by Gasteiger charge is 2.15. The molecule has 2 N–H and O–H groups in total. The van der Waals surface area contributed by atoms with E-state index >= 15 is 0 Å². The molecule has 5 nitrogen and oxygen atoms in total. The summed E-state index contributed by atoms with van der Waals surface area (Å²) in [5.74, 6) is -0.284. The molecule has 2 aromatic carbocycles. The van der Waals surface area contributed by atoms with Crippen LogP contribution in [-0.2, 0) is 17.8 Å². The van der Waals surface area contributed by atoms with Crippen molar-refractivity contribution in [3.8, 4) is 5.75 Å². The second kappa shape index (κ2) is 6.99. The minimum Gasteiger partial charge on any atom is -0.508 e. The third-order valence-electron chi connectivity index (χ3n) is 4.04. The van der Waals surface area contributed by atoms with E-state index in [1.807, 2.05) is 18.2 Å². The number of carbonyl (C=O) groups excluding carboxylic acids is 1. The number of hydrogen-bond acceptors (Lipinski definition) is 4. The summed E-state index contributed by atoms with van der Waals surface area (Å²) in [6.07, 6.45) is -0.0879. The molecule has 0 spiro atoms. The Bertz CT molecular complexity index is 1010. The highest BCUT2D eigenvalue weighted by molar-refractivity contribution is 6.31. The van der Waals surface area contributed by atoms with Gasteiger partial charge in [0.15, 0.2) is 0 Å². The Labute approximate surface area is 148 Å². The molecule has 25 heavy (non-hydrogen) atoms. The number of amides is 1. The molecule has 3 aromatic rings. The van der Waals surface area contributed by atoms with Gasteiger partial charge >= 0.3 is 5.63 Å². The van der Waals surface area contributed by atoms with Crippen molar-refractivity contribution in [3.05, 3.63) is 74.6 Å². The van der Waals surface area contributed by atoms with Crippen LogP contribution in [-0.4, -0.2) is 11.0 Å². The van der Waals surface area contributed by atoms with Crippen LogP contribution in [0, 0.1) is 6.92 Å². The van der Waals surface area contributed by atoms with Gasteiger partial charge in [-0.15, -0.1) is 0 Å². The van der Waals surface area contributed by atoms with Gasteiger partial charge in [0.1, 0.15) is 11.3 Å². The highest BCUT2D eigenvalue weighted by atomic mass is 35.5. The number of nitrogens with one attached hydrogen (secondary N) is 1. The van der Waals surface area contributed by atoms with Crippen molar-refractivity contribution >= 4 is 28.5 Å². The predicted octanol–water partition coefficient (Wildman–Crippen LogP) is 3.32. The maximum Gasteiger partial charge on any atom is 0.340 e. The van der Waals surface area contributed by atoms with Gasteiger partial charge in [0.25, 0.3) is 0 Å². The molecule has 0 aliphatic heterocycles. The molecule has 0 bridgehead atoms. The van der Waals surface area contributed by atoms with Crippen molar-refractivity contribution in [2.24, 2.45) is 0 Å². The fraction of sp³-hybridized carbons (Fsp3) is 0.158. The Morgan fingerprint density at radius 1 is 1.24 bits per heavy atom. The molecular weight excluding hydrogens is 342 g/mol. The molecule has 0 fully saturated rings. The molecule has 1 amide bonds. The molecule has 0 aliphatic carbocycles. The molecule has 6 heteroatoms. The molecule has 0 saturated carbocycles. The molecule has 128 valence electrons. The van der Waals surface area contributed by atoms with E-state index in [1.165, 1.54) is 12.1 Å². The molecule has 1 heterocycles. The van der Waals surface area contributed by atoms with Crippen molar-refractivity contribution in [2.75, 3.05) is 0 Å². The molecule has 0 aliphatic rings. The minimum atomic E-state index is -0.580. The lowest BCUT2D eigenvalue weighted by molar-refractivity contribution is -0.120. The smallest absolute Gasteiger partial charge is 0.340 e. The molecule has 0 radical (unpaired) electrons. The summed E-state index contributed by atoms with van der Waals surface area (Å²) in [5, 5.41) is 13.5. The van der Waals surface area contributed by atoms with Gasteiger partial charge in [0.05, 0.1) is 12.0 Å². The summed E-state index contributed by atoms with van der Waals surface area (Å²) in [6, 6.07) is 11.8. The summed E-state index contributed by atoms with van der Waals surface area (Å²) in [6.45, 7) is 2.04. The standard InChI is InChI=1S/C19H16ClNO4/c1-11-14-7-6-13(22)8-17(14)25-19(24)15(11)9-18(23)21-10-12-4-2-3-5-16(12)20/h2-8,22H,9-10H2,1H3,(H,21,23). The maximum absolute atomic E-state index is 12.2. The third-order valence-corrected chi connectivity index (χ3v) is 4.41. The summed E-state index contributed by atoms with van der Waals surface area (Å²) in [7, 11) is 0. The van der Waals surface area contributed by atoms with Crippen molar-refractivity contribution in [1.29, 1.82) is 0 Å². The lowest BCUT2D eigenvalue weighted by atomic mass is 10.0. The average Bonchev–Trinajstić information content (AvgIpc) is 2.57. The quantitative estimate of drug-likeness (QED) is 0.702. The first-order valence-electron chi connectivity index (χ1n) is 7.71. The number of rotatable bonds is 4. The number of phenols is 1. The van der Waals surface area contributed by atoms with Gasteiger partial charge in [-0.1, -0.05) is 29.8 Å². The zero-order valence-electron chi connectivity index (χ0n) is 13.5. The predicted molar refractivity (Wildman–Crippen MR) is 95.9 cm³/mol. The van der Waals surface area contributed by atoms with Crippen LogP contribution in [0.4, 0.5) is 0 Å². The summed E-state index contributed by atoms with van der Waals surface area (Å²) in [5.41, 5.74) is 1.48. The number of aryl methyl sites for hydroxylation is 1. The molecular formula is C19H16ClNO4. The fourth-order valence-electron chi connectivity index (χ4n) is 2.65. The van der Waals surface area contributed by atoms with Gasteiger partial charge in [-0.3, -0.25) is 4.79 Å². The summed E-state index contributed by atoms with van der Waals surface area (Å²) < 4.78 is 5.22. The van der Waals surface area contributed by atoms with Crippen molar-refractivity contribution < 1.29 is 14.3 Å². The van der Waals surface area contributed by atoms with Crippen LogP contribution in [0.1, 0.15) is 16.7 Å². The van der Waals surface area contributed by atoms with Crippen molar-refractivity contribution in [3.63, 3.8) is 0 Å². The number of aromatic hydroxyl groups is 1. The van der Waals surface area contributed by atoms with Crippen LogP contribution >= 0.6 is 11.6 Å². The zero-order chi connectivity index (χ0) is 18.0. The Morgan fingerprint density at radius 3 is 2.76 bits per heavy atom. The van der Waals surface area contributed by atoms with Gasteiger partial charge in [-0.05, 0) is 36.2 Å². The third kappa shape index (κ3) is 3.67. The number of halogens is 1. The molecule has 0 atom stereocenters. The number of phenolic OH excluding ortho intramolecular Hbond substituents is 1. The van der Waals surface area contributed by atoms with E-state index in [0.29, 0.717) is 27.1 Å². The van der Waals surface area contributed by atoms with E-state index in [9.17, 15) is 14.7 Å². The topological polar surface area (TPSA) is 79.5 Å². The second-order valence-corrected chi connectivity index (χ2v) is 6.13. The van der Waals surface area contributed by atoms with Crippen LogP contribution < -0.4 is 10.9 Å². The Balaban J connectivity index is 1.80. The first-order chi connectivity index (χ1) is 12.0. The van der Waals surface area contributed by atoms with Crippen LogP contribution in [0.5, 0.6) is 5.75 Å². The second-order valence-electron chi connectivity index (χ2n) is 5.72. The molecule has 0 saturated heterocycles. The summed E-state index contributed by atoms with van der Waals surface area (Å²) >= 11 is 6.06. The number of benzene rings is 2. The molecule has 0 unspecified atom stereocenters. The Morgan fingerprint density at radius 2 is 2.00 bits per heavy atom.